The minimum absolute atomic E-state index is 1.01. The molecule has 0 atom stereocenters. The van der Waals surface area contributed by atoms with E-state index in [1.54, 1.807) is 0 Å². The van der Waals surface area contributed by atoms with Gasteiger partial charge in [-0.25, -0.2) is 0 Å². The molecule has 0 radical (unpaired) electrons. The monoisotopic (exact) mass is 890 g/mol. The third kappa shape index (κ3) is 11.2. The van der Waals surface area contributed by atoms with Gasteiger partial charge < -0.3 is 9.80 Å². The average Bonchev–Trinajstić information content (AvgIpc) is 3.40. The van der Waals surface area contributed by atoms with E-state index in [1.165, 1.54) is 44.5 Å². The second-order valence-electron chi connectivity index (χ2n) is 17.5. The van der Waals surface area contributed by atoms with Crippen LogP contribution >= 0.6 is 0 Å². The van der Waals surface area contributed by atoms with E-state index >= 15 is 0 Å². The van der Waals surface area contributed by atoms with Crippen molar-refractivity contribution in [2.75, 3.05) is 9.80 Å². The standard InChI is InChI=1S/C67H58N2/c1-5-6-10-17-52(4)66(57-18-11-7-12-19-57)48-53-28-40-62(41-29-53)68(60-36-24-50(2)25-37-60)64-44-32-55(33-45-64)56-34-46-65(47-35-56)69(61-38-26-51(3)27-39-61)63-42-30-54(31-43-63)49-67(58-20-13-8-14-21-58)59-22-15-9-16-23-59/h6-49H,5H2,1-4H3/b10-6-,52-17+,66-48-. The van der Waals surface area contributed by atoms with E-state index in [2.05, 4.69) is 304 Å². The molecule has 69 heavy (non-hydrogen) atoms. The Labute approximate surface area is 409 Å². The molecule has 0 aromatic heterocycles. The van der Waals surface area contributed by atoms with Crippen molar-refractivity contribution in [3.63, 3.8) is 0 Å². The van der Waals surface area contributed by atoms with Crippen molar-refractivity contribution in [2.24, 2.45) is 0 Å². The Morgan fingerprint density at radius 2 is 0.710 bits per heavy atom. The molecule has 9 aromatic rings. The van der Waals surface area contributed by atoms with Gasteiger partial charge in [0.05, 0.1) is 0 Å². The van der Waals surface area contributed by atoms with Crippen LogP contribution in [0.5, 0.6) is 0 Å². The fraction of sp³-hybridized carbons (Fsp3) is 0.0746. The molecule has 0 spiro atoms. The number of rotatable bonds is 15. The molecule has 0 aliphatic carbocycles. The molecule has 0 aliphatic heterocycles. The Kier molecular flexibility index (Phi) is 14.5. The van der Waals surface area contributed by atoms with Crippen molar-refractivity contribution in [3.8, 4) is 11.1 Å². The first-order chi connectivity index (χ1) is 33.9. The van der Waals surface area contributed by atoms with Crippen molar-refractivity contribution in [2.45, 2.75) is 34.1 Å². The quantitative estimate of drug-likeness (QED) is 0.0747. The maximum absolute atomic E-state index is 2.34. The minimum atomic E-state index is 1.01. The molecule has 0 heterocycles. The molecule has 9 rings (SSSR count). The Morgan fingerprint density at radius 1 is 0.377 bits per heavy atom. The van der Waals surface area contributed by atoms with Crippen molar-refractivity contribution >= 4 is 57.4 Å². The van der Waals surface area contributed by atoms with E-state index in [9.17, 15) is 0 Å². The summed E-state index contributed by atoms with van der Waals surface area (Å²) in [6.07, 6.45) is 12.2. The highest BCUT2D eigenvalue weighted by molar-refractivity contribution is 5.93. The summed E-state index contributed by atoms with van der Waals surface area (Å²) in [5.41, 5.74) is 20.9. The third-order valence-corrected chi connectivity index (χ3v) is 12.5. The summed E-state index contributed by atoms with van der Waals surface area (Å²) >= 11 is 0. The van der Waals surface area contributed by atoms with Gasteiger partial charge in [-0.05, 0) is 168 Å². The SMILES string of the molecule is CC\C=C/C=C(C)/C(=C/c1ccc(N(c2ccc(C)cc2)c2ccc(-c3ccc(N(c4ccc(C)cc4)c4ccc(C=C(c5ccccc5)c5ccccc5)cc4)cc3)cc2)cc1)c1ccccc1. The fourth-order valence-corrected chi connectivity index (χ4v) is 8.71. The lowest BCUT2D eigenvalue weighted by molar-refractivity contribution is 1.22. The molecule has 9 aromatic carbocycles. The van der Waals surface area contributed by atoms with Crippen LogP contribution in [-0.2, 0) is 0 Å². The van der Waals surface area contributed by atoms with Crippen LogP contribution in [0.4, 0.5) is 34.1 Å². The summed E-state index contributed by atoms with van der Waals surface area (Å²) in [7, 11) is 0. The predicted octanol–water partition coefficient (Wildman–Crippen LogP) is 19.0. The number of anilines is 6. The van der Waals surface area contributed by atoms with Crippen molar-refractivity contribution in [1.82, 2.24) is 0 Å². The smallest absolute Gasteiger partial charge is 0.0462 e. The lowest BCUT2D eigenvalue weighted by Crippen LogP contribution is -2.10. The van der Waals surface area contributed by atoms with Crippen LogP contribution < -0.4 is 9.80 Å². The Morgan fingerprint density at radius 3 is 1.09 bits per heavy atom. The van der Waals surface area contributed by atoms with Crippen LogP contribution in [-0.4, -0.2) is 0 Å². The molecule has 0 bridgehead atoms. The molecule has 2 nitrogen and oxygen atoms in total. The summed E-state index contributed by atoms with van der Waals surface area (Å²) in [6, 6.07) is 85.1. The summed E-state index contributed by atoms with van der Waals surface area (Å²) < 4.78 is 0. The Balaban J connectivity index is 0.995. The fourth-order valence-electron chi connectivity index (χ4n) is 8.71. The second-order valence-corrected chi connectivity index (χ2v) is 17.5. The first-order valence-corrected chi connectivity index (χ1v) is 24.0. The number of nitrogens with zero attached hydrogens (tertiary/aromatic N) is 2. The highest BCUT2D eigenvalue weighted by Gasteiger charge is 2.16. The van der Waals surface area contributed by atoms with Gasteiger partial charge >= 0.3 is 0 Å². The largest absolute Gasteiger partial charge is 0.311 e. The van der Waals surface area contributed by atoms with Crippen LogP contribution in [0.2, 0.25) is 0 Å². The number of allylic oxidation sites excluding steroid dienone is 5. The van der Waals surface area contributed by atoms with Crippen LogP contribution in [0.25, 0.3) is 34.4 Å². The van der Waals surface area contributed by atoms with Crippen molar-refractivity contribution in [1.29, 1.82) is 0 Å². The van der Waals surface area contributed by atoms with Crippen molar-refractivity contribution in [3.05, 3.63) is 299 Å². The number of aryl methyl sites for hydroxylation is 2. The van der Waals surface area contributed by atoms with Gasteiger partial charge in [-0.3, -0.25) is 0 Å². The highest BCUT2D eigenvalue weighted by Crippen LogP contribution is 2.39. The van der Waals surface area contributed by atoms with Gasteiger partial charge in [0, 0.05) is 34.1 Å². The maximum Gasteiger partial charge on any atom is 0.0462 e. The van der Waals surface area contributed by atoms with Crippen LogP contribution in [0, 0.1) is 13.8 Å². The Bertz CT molecular complexity index is 3140. The van der Waals surface area contributed by atoms with Gasteiger partial charge in [-0.1, -0.05) is 200 Å². The van der Waals surface area contributed by atoms with Gasteiger partial charge in [0.2, 0.25) is 0 Å². The van der Waals surface area contributed by atoms with Gasteiger partial charge in [0.1, 0.15) is 0 Å². The minimum Gasteiger partial charge on any atom is -0.311 e. The van der Waals surface area contributed by atoms with Crippen LogP contribution in [0.1, 0.15) is 59.2 Å². The molecule has 0 saturated heterocycles. The van der Waals surface area contributed by atoms with E-state index in [0.717, 1.165) is 62.8 Å². The number of hydrogen-bond acceptors (Lipinski definition) is 2. The molecule has 0 amide bonds. The average molecular weight is 891 g/mol. The lowest BCUT2D eigenvalue weighted by atomic mass is 9.95. The highest BCUT2D eigenvalue weighted by atomic mass is 15.1. The molecular formula is C67H58N2. The molecular weight excluding hydrogens is 833 g/mol. The van der Waals surface area contributed by atoms with Crippen molar-refractivity contribution < 1.29 is 0 Å². The van der Waals surface area contributed by atoms with Gasteiger partial charge in [-0.2, -0.15) is 0 Å². The number of benzene rings is 9. The zero-order valence-electron chi connectivity index (χ0n) is 40.0. The molecule has 0 saturated carbocycles. The van der Waals surface area contributed by atoms with E-state index in [4.69, 9.17) is 0 Å². The molecule has 0 unspecified atom stereocenters. The van der Waals surface area contributed by atoms with Gasteiger partial charge in [0.15, 0.2) is 0 Å². The summed E-state index contributed by atoms with van der Waals surface area (Å²) in [6.45, 7) is 8.63. The topological polar surface area (TPSA) is 6.48 Å². The molecule has 0 fully saturated rings. The first-order valence-electron chi connectivity index (χ1n) is 24.0. The number of hydrogen-bond donors (Lipinski definition) is 0. The molecule has 336 valence electrons. The summed E-state index contributed by atoms with van der Waals surface area (Å²) in [5, 5.41) is 0. The molecule has 0 N–H and O–H groups in total. The second kappa shape index (κ2) is 21.9. The van der Waals surface area contributed by atoms with Crippen LogP contribution in [0.15, 0.2) is 260 Å². The first kappa shape index (κ1) is 45.7. The summed E-state index contributed by atoms with van der Waals surface area (Å²) in [5.74, 6) is 0. The lowest BCUT2D eigenvalue weighted by Gasteiger charge is -2.26. The summed E-state index contributed by atoms with van der Waals surface area (Å²) in [4.78, 5) is 4.67. The Hall–Kier alpha value is -8.46. The van der Waals surface area contributed by atoms with E-state index in [0.29, 0.717) is 0 Å². The van der Waals surface area contributed by atoms with Gasteiger partial charge in [-0.15, -0.1) is 0 Å². The third-order valence-electron chi connectivity index (χ3n) is 12.5. The molecule has 0 aliphatic rings. The van der Waals surface area contributed by atoms with E-state index in [-0.39, 0.29) is 0 Å². The van der Waals surface area contributed by atoms with Gasteiger partial charge in [0.25, 0.3) is 0 Å². The van der Waals surface area contributed by atoms with Crippen LogP contribution in [0.3, 0.4) is 0 Å². The zero-order valence-corrected chi connectivity index (χ0v) is 40.0. The normalized spacial score (nSPS) is 11.7. The van der Waals surface area contributed by atoms with E-state index < -0.39 is 0 Å². The molecule has 2 heteroatoms. The maximum atomic E-state index is 2.34. The zero-order chi connectivity index (χ0) is 47.4. The predicted molar refractivity (Wildman–Crippen MR) is 298 cm³/mol. The van der Waals surface area contributed by atoms with E-state index in [1.807, 2.05) is 0 Å².